The van der Waals surface area contributed by atoms with Gasteiger partial charge in [-0.15, -0.1) is 0 Å². The lowest BCUT2D eigenvalue weighted by molar-refractivity contribution is 0.0698. The largest absolute Gasteiger partial charge is 0.383 e. The molecule has 150 valence electrons. The number of carbonyl (C=O) groups is 1. The van der Waals surface area contributed by atoms with E-state index in [1.165, 1.54) is 5.56 Å². The van der Waals surface area contributed by atoms with Crippen molar-refractivity contribution in [3.8, 4) is 0 Å². The topological polar surface area (TPSA) is 63.5 Å². The summed E-state index contributed by atoms with van der Waals surface area (Å²) in [4.78, 5) is 21.4. The Morgan fingerprint density at radius 2 is 2.04 bits per heavy atom. The zero-order valence-corrected chi connectivity index (χ0v) is 16.6. The molecule has 2 aromatic heterocycles. The molecule has 0 bridgehead atoms. The normalized spacial score (nSPS) is 20.8. The predicted octanol–water partition coefficient (Wildman–Crippen LogP) is 2.15. The molecular formula is C21H29N5O2. The number of carbonyl (C=O) groups excluding carboxylic acids is 1. The third-order valence-electron chi connectivity index (χ3n) is 5.75. The Morgan fingerprint density at radius 1 is 1.18 bits per heavy atom. The number of aryl methyl sites for hydroxylation is 1. The van der Waals surface area contributed by atoms with Crippen molar-refractivity contribution in [2.45, 2.75) is 38.3 Å². The fourth-order valence-corrected chi connectivity index (χ4v) is 4.26. The van der Waals surface area contributed by atoms with Crippen LogP contribution in [0.4, 0.5) is 0 Å². The Hall–Kier alpha value is -2.25. The van der Waals surface area contributed by atoms with Gasteiger partial charge in [0.25, 0.3) is 5.91 Å². The molecule has 0 spiro atoms. The number of rotatable bonds is 6. The van der Waals surface area contributed by atoms with Crippen LogP contribution in [0.15, 0.2) is 30.6 Å². The average molecular weight is 383 g/mol. The summed E-state index contributed by atoms with van der Waals surface area (Å²) in [5, 5.41) is 4.84. The Bertz CT molecular complexity index is 791. The van der Waals surface area contributed by atoms with Crippen molar-refractivity contribution < 1.29 is 9.53 Å². The molecular weight excluding hydrogens is 354 g/mol. The third-order valence-corrected chi connectivity index (χ3v) is 5.75. The van der Waals surface area contributed by atoms with Crippen LogP contribution in [0.3, 0.4) is 0 Å². The smallest absolute Gasteiger partial charge is 0.272 e. The molecule has 7 nitrogen and oxygen atoms in total. The molecule has 2 aliphatic rings. The molecule has 1 fully saturated rings. The number of methoxy groups -OCH3 is 1. The van der Waals surface area contributed by atoms with Gasteiger partial charge in [-0.25, -0.2) is 0 Å². The number of hydrogen-bond donors (Lipinski definition) is 0. The first-order valence-corrected chi connectivity index (χ1v) is 10.2. The van der Waals surface area contributed by atoms with Crippen LogP contribution in [0.5, 0.6) is 0 Å². The van der Waals surface area contributed by atoms with Gasteiger partial charge in [0, 0.05) is 58.1 Å². The summed E-state index contributed by atoms with van der Waals surface area (Å²) in [6.45, 7) is 5.81. The zero-order valence-electron chi connectivity index (χ0n) is 16.6. The van der Waals surface area contributed by atoms with E-state index < -0.39 is 0 Å². The first-order valence-electron chi connectivity index (χ1n) is 10.2. The van der Waals surface area contributed by atoms with Gasteiger partial charge >= 0.3 is 0 Å². The summed E-state index contributed by atoms with van der Waals surface area (Å²) in [5.41, 5.74) is 3.09. The van der Waals surface area contributed by atoms with E-state index in [1.54, 1.807) is 7.11 Å². The maximum Gasteiger partial charge on any atom is 0.272 e. The van der Waals surface area contributed by atoms with E-state index >= 15 is 0 Å². The predicted molar refractivity (Wildman–Crippen MR) is 106 cm³/mol. The number of piperidine rings is 1. The molecule has 1 unspecified atom stereocenters. The van der Waals surface area contributed by atoms with Crippen LogP contribution < -0.4 is 0 Å². The van der Waals surface area contributed by atoms with Crippen LogP contribution in [-0.4, -0.2) is 70.4 Å². The summed E-state index contributed by atoms with van der Waals surface area (Å²) in [6, 6.07) is 6.19. The van der Waals surface area contributed by atoms with Gasteiger partial charge in [-0.3, -0.25) is 19.4 Å². The minimum atomic E-state index is 0.0813. The molecule has 2 aromatic rings. The standard InChI is InChI=1S/C21H29N5O2/c1-28-13-12-25-10-3-11-26-20(21(25)27)14-19(23-26)18-4-2-9-24(16-18)15-17-5-7-22-8-6-17/h5-8,14,18H,2-4,9-13,15-16H2,1H3. The van der Waals surface area contributed by atoms with Gasteiger partial charge < -0.3 is 9.64 Å². The molecule has 28 heavy (non-hydrogen) atoms. The number of fused-ring (bicyclic) bond motifs is 1. The van der Waals surface area contributed by atoms with E-state index in [0.717, 1.165) is 63.4 Å². The maximum absolute atomic E-state index is 12.9. The average Bonchev–Trinajstić information content (AvgIpc) is 3.09. The van der Waals surface area contributed by atoms with Crippen LogP contribution in [-0.2, 0) is 17.8 Å². The second kappa shape index (κ2) is 8.84. The van der Waals surface area contributed by atoms with Crippen LogP contribution in [0.2, 0.25) is 0 Å². The van der Waals surface area contributed by atoms with E-state index in [4.69, 9.17) is 9.84 Å². The van der Waals surface area contributed by atoms with Crippen molar-refractivity contribution in [3.05, 3.63) is 47.5 Å². The van der Waals surface area contributed by atoms with Crippen molar-refractivity contribution in [2.75, 3.05) is 39.9 Å². The molecule has 0 aromatic carbocycles. The summed E-state index contributed by atoms with van der Waals surface area (Å²) in [6.07, 6.45) is 6.92. The van der Waals surface area contributed by atoms with Gasteiger partial charge in [-0.05, 0) is 49.6 Å². The SMILES string of the molecule is COCCN1CCCn2nc(C3CCCN(Cc4ccncc4)C3)cc2C1=O. The highest BCUT2D eigenvalue weighted by molar-refractivity contribution is 5.93. The minimum Gasteiger partial charge on any atom is -0.383 e. The fraction of sp³-hybridized carbons (Fsp3) is 0.571. The van der Waals surface area contributed by atoms with Crippen molar-refractivity contribution >= 4 is 5.91 Å². The highest BCUT2D eigenvalue weighted by Crippen LogP contribution is 2.28. The maximum atomic E-state index is 12.9. The number of likely N-dealkylation sites (tertiary alicyclic amines) is 1. The molecule has 2 aliphatic heterocycles. The molecule has 1 atom stereocenters. The number of hydrogen-bond acceptors (Lipinski definition) is 5. The summed E-state index contributed by atoms with van der Waals surface area (Å²) < 4.78 is 7.08. The van der Waals surface area contributed by atoms with Gasteiger partial charge in [0.05, 0.1) is 12.3 Å². The third kappa shape index (κ3) is 4.25. The monoisotopic (exact) mass is 383 g/mol. The van der Waals surface area contributed by atoms with Crippen LogP contribution in [0.1, 0.15) is 46.9 Å². The minimum absolute atomic E-state index is 0.0813. The lowest BCUT2D eigenvalue weighted by Gasteiger charge is -2.32. The second-order valence-corrected chi connectivity index (χ2v) is 7.75. The van der Waals surface area contributed by atoms with Crippen molar-refractivity contribution in [2.24, 2.45) is 0 Å². The van der Waals surface area contributed by atoms with E-state index in [0.29, 0.717) is 19.1 Å². The van der Waals surface area contributed by atoms with Gasteiger partial charge in [-0.2, -0.15) is 5.10 Å². The zero-order chi connectivity index (χ0) is 19.3. The molecule has 0 N–H and O–H groups in total. The number of ether oxygens (including phenoxy) is 1. The quantitative estimate of drug-likeness (QED) is 0.765. The molecule has 0 aliphatic carbocycles. The van der Waals surface area contributed by atoms with Gasteiger partial charge in [0.1, 0.15) is 5.69 Å². The summed E-state index contributed by atoms with van der Waals surface area (Å²) in [7, 11) is 1.67. The van der Waals surface area contributed by atoms with E-state index in [-0.39, 0.29) is 5.91 Å². The Morgan fingerprint density at radius 3 is 2.86 bits per heavy atom. The first kappa shape index (κ1) is 19.1. The summed E-state index contributed by atoms with van der Waals surface area (Å²) >= 11 is 0. The second-order valence-electron chi connectivity index (χ2n) is 7.75. The van der Waals surface area contributed by atoms with E-state index in [9.17, 15) is 4.79 Å². The Kier molecular flexibility index (Phi) is 6.02. The van der Waals surface area contributed by atoms with Crippen LogP contribution in [0.25, 0.3) is 0 Å². The molecule has 0 radical (unpaired) electrons. The fourth-order valence-electron chi connectivity index (χ4n) is 4.26. The Balaban J connectivity index is 1.46. The van der Waals surface area contributed by atoms with Gasteiger partial charge in [-0.1, -0.05) is 0 Å². The van der Waals surface area contributed by atoms with Crippen LogP contribution >= 0.6 is 0 Å². The van der Waals surface area contributed by atoms with Crippen molar-refractivity contribution in [3.63, 3.8) is 0 Å². The number of nitrogens with zero attached hydrogens (tertiary/aromatic N) is 5. The number of amides is 1. The summed E-state index contributed by atoms with van der Waals surface area (Å²) in [5.74, 6) is 0.466. The molecule has 7 heteroatoms. The van der Waals surface area contributed by atoms with E-state index in [1.807, 2.05) is 28.0 Å². The lowest BCUT2D eigenvalue weighted by Crippen LogP contribution is -2.34. The highest BCUT2D eigenvalue weighted by atomic mass is 16.5. The van der Waals surface area contributed by atoms with Gasteiger partial charge in [0.2, 0.25) is 0 Å². The molecule has 4 heterocycles. The molecule has 1 saturated heterocycles. The highest BCUT2D eigenvalue weighted by Gasteiger charge is 2.28. The van der Waals surface area contributed by atoms with E-state index in [2.05, 4.69) is 22.0 Å². The lowest BCUT2D eigenvalue weighted by atomic mass is 9.94. The molecule has 0 saturated carbocycles. The Labute approximate surface area is 166 Å². The van der Waals surface area contributed by atoms with Crippen molar-refractivity contribution in [1.82, 2.24) is 24.6 Å². The number of pyridine rings is 1. The van der Waals surface area contributed by atoms with Crippen molar-refractivity contribution in [1.29, 1.82) is 0 Å². The van der Waals surface area contributed by atoms with Crippen LogP contribution in [0, 0.1) is 0 Å². The first-order chi connectivity index (χ1) is 13.7. The van der Waals surface area contributed by atoms with Gasteiger partial charge in [0.15, 0.2) is 0 Å². The molecule has 1 amide bonds. The number of aromatic nitrogens is 3. The molecule has 4 rings (SSSR count).